The SMILES string of the molecule is CN1CCN(C(=O)C2CCN(C(=N)N)CC2)CC1. The van der Waals surface area contributed by atoms with Gasteiger partial charge in [0, 0.05) is 45.2 Å². The summed E-state index contributed by atoms with van der Waals surface area (Å²) in [5, 5.41) is 7.38. The standard InChI is InChI=1S/C12H23N5O/c1-15-6-8-16(9-7-15)11(18)10-2-4-17(5-3-10)12(13)14/h10H,2-9H2,1H3,(H3,13,14). The van der Waals surface area contributed by atoms with Gasteiger partial charge in [0.05, 0.1) is 0 Å². The zero-order valence-corrected chi connectivity index (χ0v) is 11.1. The van der Waals surface area contributed by atoms with Gasteiger partial charge in [-0.2, -0.15) is 0 Å². The minimum atomic E-state index is 0.125. The summed E-state index contributed by atoms with van der Waals surface area (Å²) in [7, 11) is 2.09. The van der Waals surface area contributed by atoms with Gasteiger partial charge in [-0.3, -0.25) is 10.2 Å². The monoisotopic (exact) mass is 253 g/mol. The van der Waals surface area contributed by atoms with E-state index in [1.54, 1.807) is 0 Å². The van der Waals surface area contributed by atoms with Crippen molar-refractivity contribution in [1.82, 2.24) is 14.7 Å². The van der Waals surface area contributed by atoms with E-state index in [2.05, 4.69) is 11.9 Å². The molecule has 0 bridgehead atoms. The average Bonchev–Trinajstić information content (AvgIpc) is 2.39. The van der Waals surface area contributed by atoms with Crippen molar-refractivity contribution < 1.29 is 4.79 Å². The zero-order chi connectivity index (χ0) is 13.1. The van der Waals surface area contributed by atoms with Crippen LogP contribution in [0.25, 0.3) is 0 Å². The first kappa shape index (κ1) is 13.1. The molecule has 2 aliphatic rings. The molecule has 2 saturated heterocycles. The topological polar surface area (TPSA) is 76.7 Å². The second-order valence-electron chi connectivity index (χ2n) is 5.28. The molecule has 0 saturated carbocycles. The van der Waals surface area contributed by atoms with Crippen LogP contribution in [0.4, 0.5) is 0 Å². The summed E-state index contributed by atoms with van der Waals surface area (Å²) < 4.78 is 0. The number of hydrogen-bond donors (Lipinski definition) is 2. The van der Waals surface area contributed by atoms with Crippen LogP contribution in [0.1, 0.15) is 12.8 Å². The van der Waals surface area contributed by atoms with E-state index in [4.69, 9.17) is 11.1 Å². The van der Waals surface area contributed by atoms with Gasteiger partial charge in [-0.25, -0.2) is 0 Å². The summed E-state index contributed by atoms with van der Waals surface area (Å²) in [6, 6.07) is 0. The van der Waals surface area contributed by atoms with Gasteiger partial charge in [0.15, 0.2) is 5.96 Å². The van der Waals surface area contributed by atoms with Crippen molar-refractivity contribution >= 4 is 11.9 Å². The molecule has 2 aliphatic heterocycles. The highest BCUT2D eigenvalue weighted by atomic mass is 16.2. The predicted molar refractivity (Wildman–Crippen MR) is 70.3 cm³/mol. The van der Waals surface area contributed by atoms with Crippen LogP contribution >= 0.6 is 0 Å². The Morgan fingerprint density at radius 3 is 2.11 bits per heavy atom. The third-order valence-corrected chi connectivity index (χ3v) is 4.00. The maximum Gasteiger partial charge on any atom is 0.225 e. The van der Waals surface area contributed by atoms with Crippen LogP contribution in [-0.4, -0.2) is 72.9 Å². The van der Waals surface area contributed by atoms with E-state index >= 15 is 0 Å². The number of rotatable bonds is 1. The molecule has 0 spiro atoms. The fourth-order valence-electron chi connectivity index (χ4n) is 2.65. The highest BCUT2D eigenvalue weighted by molar-refractivity contribution is 5.80. The van der Waals surface area contributed by atoms with Gasteiger partial charge in [0.25, 0.3) is 0 Å². The molecule has 0 aliphatic carbocycles. The van der Waals surface area contributed by atoms with E-state index in [1.807, 2.05) is 9.80 Å². The molecular weight excluding hydrogens is 230 g/mol. The number of nitrogens with zero attached hydrogens (tertiary/aromatic N) is 3. The summed E-state index contributed by atoms with van der Waals surface area (Å²) in [4.78, 5) is 18.4. The molecule has 6 heteroatoms. The van der Waals surface area contributed by atoms with Gasteiger partial charge in [0.2, 0.25) is 5.91 Å². The van der Waals surface area contributed by atoms with Gasteiger partial charge >= 0.3 is 0 Å². The first-order chi connectivity index (χ1) is 8.58. The third kappa shape index (κ3) is 2.93. The van der Waals surface area contributed by atoms with Crippen molar-refractivity contribution in [1.29, 1.82) is 5.41 Å². The van der Waals surface area contributed by atoms with Gasteiger partial charge in [-0.05, 0) is 19.9 Å². The molecule has 0 unspecified atom stereocenters. The summed E-state index contributed by atoms with van der Waals surface area (Å²) in [6.45, 7) is 5.11. The number of nitrogens with one attached hydrogen (secondary N) is 1. The van der Waals surface area contributed by atoms with E-state index in [9.17, 15) is 4.79 Å². The Balaban J connectivity index is 1.82. The van der Waals surface area contributed by atoms with Crippen LogP contribution < -0.4 is 5.73 Å². The maximum atomic E-state index is 12.3. The molecule has 0 radical (unpaired) electrons. The quantitative estimate of drug-likeness (QED) is 0.482. The van der Waals surface area contributed by atoms with Crippen molar-refractivity contribution in [3.8, 4) is 0 Å². The molecule has 102 valence electrons. The minimum absolute atomic E-state index is 0.125. The fourth-order valence-corrected chi connectivity index (χ4v) is 2.65. The predicted octanol–water partition coefficient (Wildman–Crippen LogP) is -0.634. The molecule has 0 aromatic heterocycles. The molecule has 18 heavy (non-hydrogen) atoms. The molecule has 1 amide bonds. The van der Waals surface area contributed by atoms with E-state index in [0.717, 1.165) is 52.1 Å². The molecule has 0 atom stereocenters. The number of likely N-dealkylation sites (tertiary alicyclic amines) is 1. The lowest BCUT2D eigenvalue weighted by Crippen LogP contribution is -2.51. The number of piperazine rings is 1. The first-order valence-electron chi connectivity index (χ1n) is 6.64. The molecule has 2 fully saturated rings. The lowest BCUT2D eigenvalue weighted by atomic mass is 9.95. The van der Waals surface area contributed by atoms with Crippen LogP contribution in [0.3, 0.4) is 0 Å². The van der Waals surface area contributed by atoms with E-state index in [-0.39, 0.29) is 11.9 Å². The number of likely N-dealkylation sites (N-methyl/N-ethyl adjacent to an activating group) is 1. The smallest absolute Gasteiger partial charge is 0.225 e. The number of piperidine rings is 1. The van der Waals surface area contributed by atoms with Crippen molar-refractivity contribution in [3.05, 3.63) is 0 Å². The third-order valence-electron chi connectivity index (χ3n) is 4.00. The Hall–Kier alpha value is -1.30. The highest BCUT2D eigenvalue weighted by Crippen LogP contribution is 2.20. The summed E-state index contributed by atoms with van der Waals surface area (Å²) >= 11 is 0. The number of hydrogen-bond acceptors (Lipinski definition) is 3. The average molecular weight is 253 g/mol. The molecule has 0 aromatic carbocycles. The number of guanidine groups is 1. The van der Waals surface area contributed by atoms with Gasteiger partial charge < -0.3 is 20.4 Å². The van der Waals surface area contributed by atoms with E-state index < -0.39 is 0 Å². The largest absolute Gasteiger partial charge is 0.370 e. The highest BCUT2D eigenvalue weighted by Gasteiger charge is 2.30. The minimum Gasteiger partial charge on any atom is -0.370 e. The number of nitrogens with two attached hydrogens (primary N) is 1. The van der Waals surface area contributed by atoms with Crippen LogP contribution in [0, 0.1) is 11.3 Å². The molecule has 2 heterocycles. The van der Waals surface area contributed by atoms with E-state index in [0.29, 0.717) is 5.91 Å². The lowest BCUT2D eigenvalue weighted by Gasteiger charge is -2.37. The van der Waals surface area contributed by atoms with Gasteiger partial charge in [0.1, 0.15) is 0 Å². The molecular formula is C12H23N5O. The van der Waals surface area contributed by atoms with Crippen LogP contribution in [0.2, 0.25) is 0 Å². The Bertz CT molecular complexity index is 316. The second kappa shape index (κ2) is 5.56. The fraction of sp³-hybridized carbons (Fsp3) is 0.833. The Kier molecular flexibility index (Phi) is 4.06. The van der Waals surface area contributed by atoms with Crippen LogP contribution in [-0.2, 0) is 4.79 Å². The summed E-state index contributed by atoms with van der Waals surface area (Å²) in [5.74, 6) is 0.552. The zero-order valence-electron chi connectivity index (χ0n) is 11.1. The Morgan fingerprint density at radius 1 is 1.06 bits per heavy atom. The van der Waals surface area contributed by atoms with Crippen LogP contribution in [0.15, 0.2) is 0 Å². The number of amides is 1. The number of carbonyl (C=O) groups is 1. The van der Waals surface area contributed by atoms with Gasteiger partial charge in [-0.15, -0.1) is 0 Å². The van der Waals surface area contributed by atoms with Crippen molar-refractivity contribution in [2.45, 2.75) is 12.8 Å². The molecule has 3 N–H and O–H groups in total. The van der Waals surface area contributed by atoms with Gasteiger partial charge in [-0.1, -0.05) is 0 Å². The second-order valence-corrected chi connectivity index (χ2v) is 5.28. The molecule has 6 nitrogen and oxygen atoms in total. The van der Waals surface area contributed by atoms with Crippen molar-refractivity contribution in [2.75, 3.05) is 46.3 Å². The van der Waals surface area contributed by atoms with Crippen molar-refractivity contribution in [3.63, 3.8) is 0 Å². The normalized spacial score (nSPS) is 23.2. The summed E-state index contributed by atoms with van der Waals surface area (Å²) in [5.41, 5.74) is 5.46. The Morgan fingerprint density at radius 2 is 1.61 bits per heavy atom. The molecule has 2 rings (SSSR count). The Labute approximate surface area is 108 Å². The number of carbonyl (C=O) groups excluding carboxylic acids is 1. The molecule has 0 aromatic rings. The van der Waals surface area contributed by atoms with Crippen molar-refractivity contribution in [2.24, 2.45) is 11.7 Å². The van der Waals surface area contributed by atoms with E-state index in [1.165, 1.54) is 0 Å². The lowest BCUT2D eigenvalue weighted by molar-refractivity contribution is -0.138. The summed E-state index contributed by atoms with van der Waals surface area (Å²) in [6.07, 6.45) is 1.65. The van der Waals surface area contributed by atoms with Crippen LogP contribution in [0.5, 0.6) is 0 Å². The first-order valence-corrected chi connectivity index (χ1v) is 6.64. The maximum absolute atomic E-state index is 12.3.